The molecule has 0 radical (unpaired) electrons. The molecule has 0 N–H and O–H groups in total. The summed E-state index contributed by atoms with van der Waals surface area (Å²) < 4.78 is 69.0. The Labute approximate surface area is 160 Å². The zero-order chi connectivity index (χ0) is 19.9. The Balaban J connectivity index is 1.83. The fourth-order valence-electron chi connectivity index (χ4n) is 3.46. The van der Waals surface area contributed by atoms with Crippen LogP contribution in [0.25, 0.3) is 0 Å². The van der Waals surface area contributed by atoms with Gasteiger partial charge in [-0.15, -0.1) is 0 Å². The molecule has 3 heterocycles. The lowest BCUT2D eigenvalue weighted by Gasteiger charge is -2.36. The zero-order valence-corrected chi connectivity index (χ0v) is 15.4. The molecule has 0 saturated heterocycles. The van der Waals surface area contributed by atoms with E-state index >= 15 is 0 Å². The first-order chi connectivity index (χ1) is 13.3. The van der Waals surface area contributed by atoms with E-state index in [0.29, 0.717) is 18.2 Å². The highest BCUT2D eigenvalue weighted by atomic mass is 32.2. The van der Waals surface area contributed by atoms with Crippen LogP contribution in [0.15, 0.2) is 72.0 Å². The third-order valence-electron chi connectivity index (χ3n) is 4.76. The van der Waals surface area contributed by atoms with Crippen molar-refractivity contribution in [2.75, 3.05) is 6.54 Å². The van der Waals surface area contributed by atoms with Gasteiger partial charge in [0.2, 0.25) is 10.0 Å². The van der Waals surface area contributed by atoms with Gasteiger partial charge in [-0.1, -0.05) is 12.1 Å². The molecule has 0 amide bonds. The summed E-state index contributed by atoms with van der Waals surface area (Å²) >= 11 is 0. The maximum atomic E-state index is 13.3. The number of nitrogens with zero attached hydrogens (tertiary/aromatic N) is 3. The smallest absolute Gasteiger partial charge is 0.348 e. The Bertz CT molecular complexity index is 1090. The Kier molecular flexibility index (Phi) is 4.51. The summed E-state index contributed by atoms with van der Waals surface area (Å²) in [6.45, 7) is 0.553. The second-order valence-electron chi connectivity index (χ2n) is 6.46. The first-order valence-electron chi connectivity index (χ1n) is 8.52. The van der Waals surface area contributed by atoms with Gasteiger partial charge in [-0.3, -0.25) is 4.98 Å². The van der Waals surface area contributed by atoms with Crippen LogP contribution < -0.4 is 0 Å². The highest BCUT2D eigenvalue weighted by Gasteiger charge is 2.39. The van der Waals surface area contributed by atoms with Crippen molar-refractivity contribution in [3.8, 4) is 0 Å². The molecule has 0 saturated carbocycles. The molecular weight excluding hydrogens is 391 g/mol. The van der Waals surface area contributed by atoms with Crippen LogP contribution in [0.4, 0.5) is 13.2 Å². The summed E-state index contributed by atoms with van der Waals surface area (Å²) in [5.74, 6) is 0. The van der Waals surface area contributed by atoms with Crippen molar-refractivity contribution in [1.29, 1.82) is 0 Å². The van der Waals surface area contributed by atoms with Crippen LogP contribution in [0.2, 0.25) is 0 Å². The number of sulfonamides is 1. The summed E-state index contributed by atoms with van der Waals surface area (Å²) in [7, 11) is -4.17. The highest BCUT2D eigenvalue weighted by Crippen LogP contribution is 2.37. The van der Waals surface area contributed by atoms with Gasteiger partial charge in [0.15, 0.2) is 0 Å². The van der Waals surface area contributed by atoms with E-state index in [2.05, 4.69) is 4.98 Å². The number of rotatable bonds is 3. The summed E-state index contributed by atoms with van der Waals surface area (Å²) in [6, 6.07) is 10.3. The van der Waals surface area contributed by atoms with E-state index in [1.54, 1.807) is 24.5 Å². The Hall–Kier alpha value is -2.65. The van der Waals surface area contributed by atoms with Gasteiger partial charge >= 0.3 is 6.18 Å². The molecule has 9 heteroatoms. The number of aromatic nitrogens is 2. The standard InChI is InChI=1S/C19H16F3N3O2S/c20-19(21,22)15-5-1-6-16(12-15)28(26,27)25-11-10-24-9-3-7-17(24)18(25)14-4-2-8-23-13-14/h1-9,12-13,18H,10-11H2. The van der Waals surface area contributed by atoms with Gasteiger partial charge in [-0.25, -0.2) is 8.42 Å². The van der Waals surface area contributed by atoms with Crippen LogP contribution in [0.1, 0.15) is 22.9 Å². The fourth-order valence-corrected chi connectivity index (χ4v) is 5.09. The number of hydrogen-bond acceptors (Lipinski definition) is 3. The lowest BCUT2D eigenvalue weighted by atomic mass is 10.0. The van der Waals surface area contributed by atoms with E-state index in [1.165, 1.54) is 10.4 Å². The number of alkyl halides is 3. The van der Waals surface area contributed by atoms with Crippen LogP contribution in [-0.4, -0.2) is 28.8 Å². The molecule has 1 aromatic carbocycles. The average molecular weight is 407 g/mol. The second kappa shape index (κ2) is 6.75. The summed E-state index contributed by atoms with van der Waals surface area (Å²) in [5.41, 5.74) is 0.402. The third kappa shape index (κ3) is 3.20. The van der Waals surface area contributed by atoms with Crippen molar-refractivity contribution in [3.63, 3.8) is 0 Å². The second-order valence-corrected chi connectivity index (χ2v) is 8.35. The van der Waals surface area contributed by atoms with Gasteiger partial charge in [0.05, 0.1) is 16.5 Å². The van der Waals surface area contributed by atoms with Crippen LogP contribution in [0.3, 0.4) is 0 Å². The van der Waals surface area contributed by atoms with Gasteiger partial charge in [0.25, 0.3) is 0 Å². The first kappa shape index (κ1) is 18.7. The summed E-state index contributed by atoms with van der Waals surface area (Å²) in [5, 5.41) is 0. The third-order valence-corrected chi connectivity index (χ3v) is 6.62. The van der Waals surface area contributed by atoms with Crippen LogP contribution >= 0.6 is 0 Å². The van der Waals surface area contributed by atoms with E-state index in [4.69, 9.17) is 0 Å². The molecule has 2 aromatic heterocycles. The van der Waals surface area contributed by atoms with E-state index in [-0.39, 0.29) is 11.4 Å². The van der Waals surface area contributed by atoms with Crippen molar-refractivity contribution in [2.24, 2.45) is 0 Å². The van der Waals surface area contributed by atoms with Gasteiger partial charge in [0.1, 0.15) is 0 Å². The Morgan fingerprint density at radius 3 is 2.57 bits per heavy atom. The van der Waals surface area contributed by atoms with E-state index in [9.17, 15) is 21.6 Å². The highest BCUT2D eigenvalue weighted by molar-refractivity contribution is 7.89. The predicted molar refractivity (Wildman–Crippen MR) is 95.8 cm³/mol. The van der Waals surface area contributed by atoms with E-state index in [1.807, 2.05) is 22.9 Å². The summed E-state index contributed by atoms with van der Waals surface area (Å²) in [6.07, 6.45) is 0.386. The first-order valence-corrected chi connectivity index (χ1v) is 9.96. The minimum atomic E-state index is -4.62. The lowest BCUT2D eigenvalue weighted by molar-refractivity contribution is -0.137. The van der Waals surface area contributed by atoms with Gasteiger partial charge in [-0.2, -0.15) is 17.5 Å². The van der Waals surface area contributed by atoms with Gasteiger partial charge in [0, 0.05) is 37.4 Å². The van der Waals surface area contributed by atoms with Crippen LogP contribution in [0, 0.1) is 0 Å². The van der Waals surface area contributed by atoms with E-state index in [0.717, 1.165) is 17.8 Å². The predicted octanol–water partition coefficient (Wildman–Crippen LogP) is 3.70. The molecular formula is C19H16F3N3O2S. The number of hydrogen-bond donors (Lipinski definition) is 0. The number of halogens is 3. The van der Waals surface area contributed by atoms with Crippen molar-refractivity contribution >= 4 is 10.0 Å². The maximum absolute atomic E-state index is 13.3. The molecule has 4 rings (SSSR count). The van der Waals surface area contributed by atoms with Crippen LogP contribution in [0.5, 0.6) is 0 Å². The molecule has 28 heavy (non-hydrogen) atoms. The van der Waals surface area contributed by atoms with Gasteiger partial charge in [-0.05, 0) is 42.0 Å². The number of benzene rings is 1. The van der Waals surface area contributed by atoms with Crippen LogP contribution in [-0.2, 0) is 22.7 Å². The molecule has 1 aliphatic heterocycles. The van der Waals surface area contributed by atoms with Crippen molar-refractivity contribution in [2.45, 2.75) is 23.7 Å². The largest absolute Gasteiger partial charge is 0.416 e. The fraction of sp³-hybridized carbons (Fsp3) is 0.211. The molecule has 146 valence electrons. The van der Waals surface area contributed by atoms with Gasteiger partial charge < -0.3 is 4.57 Å². The SMILES string of the molecule is O=S(=O)(c1cccc(C(F)(F)F)c1)N1CCn2cccc2C1c1cccnc1. The molecule has 5 nitrogen and oxygen atoms in total. The molecule has 0 bridgehead atoms. The topological polar surface area (TPSA) is 55.2 Å². The Morgan fingerprint density at radius 1 is 1.04 bits per heavy atom. The zero-order valence-electron chi connectivity index (χ0n) is 14.5. The average Bonchev–Trinajstić information content (AvgIpc) is 3.16. The summed E-state index contributed by atoms with van der Waals surface area (Å²) in [4.78, 5) is 3.69. The Morgan fingerprint density at radius 2 is 1.86 bits per heavy atom. The van der Waals surface area contributed by atoms with Crippen molar-refractivity contribution in [3.05, 3.63) is 83.9 Å². The minimum Gasteiger partial charge on any atom is -0.348 e. The molecule has 1 aliphatic rings. The maximum Gasteiger partial charge on any atom is 0.416 e. The normalized spacial score (nSPS) is 18.0. The van der Waals surface area contributed by atoms with E-state index < -0.39 is 27.8 Å². The molecule has 3 aromatic rings. The number of fused-ring (bicyclic) bond motifs is 1. The molecule has 0 fully saturated rings. The molecule has 1 unspecified atom stereocenters. The monoisotopic (exact) mass is 407 g/mol. The molecule has 0 spiro atoms. The minimum absolute atomic E-state index is 0.139. The molecule has 0 aliphatic carbocycles. The van der Waals surface area contributed by atoms with Crippen molar-refractivity contribution in [1.82, 2.24) is 13.9 Å². The lowest BCUT2D eigenvalue weighted by Crippen LogP contribution is -2.42. The van der Waals surface area contributed by atoms with Crippen molar-refractivity contribution < 1.29 is 21.6 Å². The number of pyridine rings is 1. The quantitative estimate of drug-likeness (QED) is 0.665. The molecule has 1 atom stereocenters.